The number of aliphatic imine (C=N–C) groups is 1. The number of benzene rings is 2. The average molecular weight is 548 g/mol. The summed E-state index contributed by atoms with van der Waals surface area (Å²) in [6.45, 7) is 7.11. The molecule has 0 aliphatic carbocycles. The van der Waals surface area contributed by atoms with Gasteiger partial charge in [0.15, 0.2) is 11.5 Å². The molecule has 41 heavy (non-hydrogen) atoms. The minimum Gasteiger partial charge on any atom is -0.478 e. The van der Waals surface area contributed by atoms with Crippen LogP contribution < -0.4 is 10.1 Å². The van der Waals surface area contributed by atoms with E-state index in [1.807, 2.05) is 37.3 Å². The third-order valence-electron chi connectivity index (χ3n) is 7.20. The second-order valence-corrected chi connectivity index (χ2v) is 10.2. The molecule has 204 valence electrons. The van der Waals surface area contributed by atoms with Crippen LogP contribution in [-0.2, 0) is 16.0 Å². The molecule has 1 N–H and O–H groups in total. The van der Waals surface area contributed by atoms with Crippen molar-refractivity contribution in [1.29, 1.82) is 0 Å². The Morgan fingerprint density at radius 1 is 1.15 bits per heavy atom. The number of aryl methyl sites for hydroxylation is 1. The molecule has 1 saturated heterocycles. The number of fused-ring (bicyclic) bond motifs is 2. The average Bonchev–Trinajstić information content (AvgIpc) is 3.61. The van der Waals surface area contributed by atoms with Crippen LogP contribution in [0.2, 0.25) is 0 Å². The fourth-order valence-corrected chi connectivity index (χ4v) is 5.09. The van der Waals surface area contributed by atoms with Crippen LogP contribution >= 0.6 is 0 Å². The van der Waals surface area contributed by atoms with Crippen molar-refractivity contribution in [2.45, 2.75) is 18.9 Å². The second kappa shape index (κ2) is 9.66. The number of carbonyl (C=O) groups is 1. The monoisotopic (exact) mass is 547 g/mol. The van der Waals surface area contributed by atoms with Gasteiger partial charge in [-0.3, -0.25) is 9.20 Å². The Bertz CT molecular complexity index is 1860. The van der Waals surface area contributed by atoms with Crippen LogP contribution in [0.25, 0.3) is 16.6 Å². The molecule has 3 aromatic heterocycles. The van der Waals surface area contributed by atoms with Gasteiger partial charge in [-0.25, -0.2) is 19.9 Å². The Morgan fingerprint density at radius 3 is 2.90 bits per heavy atom. The molecule has 0 radical (unpaired) electrons. The van der Waals surface area contributed by atoms with E-state index in [-0.39, 0.29) is 11.4 Å². The van der Waals surface area contributed by atoms with Crippen LogP contribution in [-0.4, -0.2) is 71.5 Å². The molecule has 0 saturated carbocycles. The first-order chi connectivity index (χ1) is 20.0. The van der Waals surface area contributed by atoms with Crippen LogP contribution in [0, 0.1) is 6.92 Å². The molecular formula is C29H25N9O3. The summed E-state index contributed by atoms with van der Waals surface area (Å²) in [4.78, 5) is 31.6. The normalized spacial score (nSPS) is 15.4. The lowest BCUT2D eigenvalue weighted by Gasteiger charge is -2.43. The van der Waals surface area contributed by atoms with E-state index in [4.69, 9.17) is 14.5 Å². The van der Waals surface area contributed by atoms with Gasteiger partial charge < -0.3 is 19.7 Å². The van der Waals surface area contributed by atoms with Gasteiger partial charge in [0.2, 0.25) is 11.8 Å². The maximum absolute atomic E-state index is 11.8. The van der Waals surface area contributed by atoms with Gasteiger partial charge in [-0.05, 0) is 54.5 Å². The van der Waals surface area contributed by atoms with E-state index in [0.29, 0.717) is 55.1 Å². The van der Waals surface area contributed by atoms with Crippen molar-refractivity contribution in [3.05, 3.63) is 85.2 Å². The number of nitrogens with one attached hydrogen (secondary N) is 1. The fraction of sp³-hybridized carbons (Fsp3) is 0.207. The highest BCUT2D eigenvalue weighted by atomic mass is 16.5. The van der Waals surface area contributed by atoms with Gasteiger partial charge in [0, 0.05) is 23.6 Å². The molecule has 0 unspecified atom stereocenters. The summed E-state index contributed by atoms with van der Waals surface area (Å²) >= 11 is 0. The number of nitrogens with zero attached hydrogens (tertiary/aromatic N) is 8. The van der Waals surface area contributed by atoms with Crippen molar-refractivity contribution in [3.8, 4) is 11.6 Å². The summed E-state index contributed by atoms with van der Waals surface area (Å²) in [6, 6.07) is 13.6. The fourth-order valence-electron chi connectivity index (χ4n) is 5.09. The summed E-state index contributed by atoms with van der Waals surface area (Å²) in [5.74, 6) is 2.40. The van der Waals surface area contributed by atoms with Gasteiger partial charge in [-0.1, -0.05) is 12.6 Å². The van der Waals surface area contributed by atoms with Crippen molar-refractivity contribution in [2.24, 2.45) is 4.99 Å². The molecule has 2 aliphatic rings. The number of anilines is 2. The van der Waals surface area contributed by atoms with Gasteiger partial charge in [-0.2, -0.15) is 0 Å². The molecular weight excluding hydrogens is 522 g/mol. The highest BCUT2D eigenvalue weighted by Gasteiger charge is 2.48. The molecule has 5 aromatic rings. The van der Waals surface area contributed by atoms with Gasteiger partial charge in [0.1, 0.15) is 42.7 Å². The lowest BCUT2D eigenvalue weighted by atomic mass is 9.92. The van der Waals surface area contributed by atoms with Gasteiger partial charge in [-0.15, -0.1) is 10.2 Å². The molecule has 0 atom stereocenters. The molecule has 1 spiro atoms. The summed E-state index contributed by atoms with van der Waals surface area (Å²) < 4.78 is 13.6. The van der Waals surface area contributed by atoms with Crippen molar-refractivity contribution in [3.63, 3.8) is 0 Å². The molecule has 5 heterocycles. The predicted octanol–water partition coefficient (Wildman–Crippen LogP) is 3.65. The summed E-state index contributed by atoms with van der Waals surface area (Å²) in [5, 5.41) is 12.2. The van der Waals surface area contributed by atoms with Crippen LogP contribution in [0.3, 0.4) is 0 Å². The lowest BCUT2D eigenvalue weighted by molar-refractivity contribution is -0.133. The first-order valence-corrected chi connectivity index (χ1v) is 13.0. The number of hydrogen-bond donors (Lipinski definition) is 1. The molecule has 2 aliphatic heterocycles. The van der Waals surface area contributed by atoms with E-state index in [0.717, 1.165) is 27.7 Å². The standard InChI is InChI=1S/C29H25N9O3/c1-3-27(39)37-12-29(13-37)14-40-26(35-29)10-19-4-6-22-21(9-19)28(31-15-30-22)34-20-5-7-23(18(2)8-20)41-25-11-24-36-33-17-38(24)16-32-25/h3-9,11,15-17H,1,10,12-14H2,2H3,(H,30,31,34). The highest BCUT2D eigenvalue weighted by Crippen LogP contribution is 2.32. The highest BCUT2D eigenvalue weighted by molar-refractivity contribution is 5.92. The Morgan fingerprint density at radius 2 is 2.05 bits per heavy atom. The van der Waals surface area contributed by atoms with Crippen molar-refractivity contribution in [2.75, 3.05) is 25.0 Å². The van der Waals surface area contributed by atoms with Crippen LogP contribution in [0.4, 0.5) is 11.5 Å². The number of amides is 1. The van der Waals surface area contributed by atoms with Gasteiger partial charge >= 0.3 is 0 Å². The smallest absolute Gasteiger partial charge is 0.246 e. The van der Waals surface area contributed by atoms with Crippen LogP contribution in [0.5, 0.6) is 11.6 Å². The Kier molecular flexibility index (Phi) is 5.81. The lowest BCUT2D eigenvalue weighted by Crippen LogP contribution is -2.62. The third-order valence-corrected chi connectivity index (χ3v) is 7.20. The SMILES string of the molecule is C=CC(=O)N1CC2(COC(Cc3ccc4ncnc(Nc5ccc(Oc6cc7nncn7cn6)c(C)c5)c4c3)=N2)C1. The van der Waals surface area contributed by atoms with E-state index in [9.17, 15) is 4.79 Å². The van der Waals surface area contributed by atoms with E-state index in [1.165, 1.54) is 6.08 Å². The first kappa shape index (κ1) is 24.6. The quantitative estimate of drug-likeness (QED) is 0.303. The summed E-state index contributed by atoms with van der Waals surface area (Å²) in [6.07, 6.45) is 6.61. The summed E-state index contributed by atoms with van der Waals surface area (Å²) in [5.41, 5.74) is 3.94. The number of likely N-dealkylation sites (tertiary alicyclic amines) is 1. The maximum Gasteiger partial charge on any atom is 0.246 e. The first-order valence-electron chi connectivity index (χ1n) is 13.0. The van der Waals surface area contributed by atoms with Gasteiger partial charge in [0.05, 0.1) is 18.6 Å². The number of hydrogen-bond acceptors (Lipinski definition) is 10. The molecule has 7 rings (SSSR count). The summed E-state index contributed by atoms with van der Waals surface area (Å²) in [7, 11) is 0. The Balaban J connectivity index is 1.08. The second-order valence-electron chi connectivity index (χ2n) is 10.2. The molecule has 1 amide bonds. The molecule has 0 bridgehead atoms. The van der Waals surface area contributed by atoms with Crippen molar-refractivity contribution < 1.29 is 14.3 Å². The van der Waals surface area contributed by atoms with Crippen molar-refractivity contribution >= 4 is 39.9 Å². The Hall–Kier alpha value is -5.39. The predicted molar refractivity (Wildman–Crippen MR) is 151 cm³/mol. The number of aromatic nitrogens is 6. The van der Waals surface area contributed by atoms with E-state index in [1.54, 1.807) is 34.3 Å². The van der Waals surface area contributed by atoms with E-state index < -0.39 is 0 Å². The van der Waals surface area contributed by atoms with Crippen molar-refractivity contribution in [1.82, 2.24) is 34.4 Å². The van der Waals surface area contributed by atoms with E-state index in [2.05, 4.69) is 43.1 Å². The minimum atomic E-state index is -0.340. The number of rotatable bonds is 7. The zero-order chi connectivity index (χ0) is 28.0. The molecule has 12 heteroatoms. The van der Waals surface area contributed by atoms with Gasteiger partial charge in [0.25, 0.3) is 0 Å². The van der Waals surface area contributed by atoms with Crippen LogP contribution in [0.1, 0.15) is 11.1 Å². The molecule has 2 aromatic carbocycles. The zero-order valence-corrected chi connectivity index (χ0v) is 22.2. The van der Waals surface area contributed by atoms with E-state index >= 15 is 0 Å². The zero-order valence-electron chi connectivity index (χ0n) is 22.2. The molecule has 12 nitrogen and oxygen atoms in total. The molecule has 1 fully saturated rings. The number of carbonyl (C=O) groups excluding carboxylic acids is 1. The number of ether oxygens (including phenoxy) is 2. The topological polar surface area (TPSA) is 132 Å². The third kappa shape index (κ3) is 4.69. The Labute approximate surface area is 234 Å². The minimum absolute atomic E-state index is 0.0756. The maximum atomic E-state index is 11.8. The largest absolute Gasteiger partial charge is 0.478 e. The van der Waals surface area contributed by atoms with Crippen LogP contribution in [0.15, 0.2) is 79.1 Å².